The fourth-order valence-corrected chi connectivity index (χ4v) is 4.05. The molecule has 7 nitrogen and oxygen atoms in total. The van der Waals surface area contributed by atoms with E-state index in [0.29, 0.717) is 22.7 Å². The molecule has 0 saturated heterocycles. The number of aryl methyl sites for hydroxylation is 1. The van der Waals surface area contributed by atoms with Crippen LogP contribution in [0, 0.1) is 6.92 Å². The average Bonchev–Trinajstić information content (AvgIpc) is 3.17. The molecule has 0 fully saturated rings. The Bertz CT molecular complexity index is 1260. The van der Waals surface area contributed by atoms with Gasteiger partial charge in [0.25, 0.3) is 5.56 Å². The third-order valence-corrected chi connectivity index (χ3v) is 5.70. The number of carbonyl (C=O) groups is 2. The van der Waals surface area contributed by atoms with E-state index >= 15 is 0 Å². The first-order valence-electron chi connectivity index (χ1n) is 9.84. The van der Waals surface area contributed by atoms with Crippen LogP contribution in [0.2, 0.25) is 5.02 Å². The molecule has 2 heterocycles. The van der Waals surface area contributed by atoms with Gasteiger partial charge < -0.3 is 10.1 Å². The molecule has 2 aromatic carbocycles. The number of carbonyl (C=O) groups excluding carboxylic acids is 1. The van der Waals surface area contributed by atoms with Gasteiger partial charge >= 0.3 is 5.97 Å². The van der Waals surface area contributed by atoms with Gasteiger partial charge in [0.05, 0.1) is 23.7 Å². The molecule has 0 saturated carbocycles. The minimum Gasteiger partial charge on any atom is -0.481 e. The number of para-hydroxylation sites is 1. The maximum absolute atomic E-state index is 12.9. The summed E-state index contributed by atoms with van der Waals surface area (Å²) in [4.78, 5) is 39.5. The van der Waals surface area contributed by atoms with Crippen molar-refractivity contribution in [3.05, 3.63) is 80.6 Å². The SMILES string of the molecule is Cc1c(C2=NN(C(=O)CCC(=O)O)C(c3ccc(Cl)cc3)C2)c(=O)[nH]c2ccccc12. The number of pyridine rings is 1. The number of nitrogens with zero attached hydrogens (tertiary/aromatic N) is 2. The zero-order valence-electron chi connectivity index (χ0n) is 16.8. The van der Waals surface area contributed by atoms with Gasteiger partial charge in [0, 0.05) is 28.8 Å². The van der Waals surface area contributed by atoms with Gasteiger partial charge in [0.1, 0.15) is 0 Å². The maximum atomic E-state index is 12.9. The van der Waals surface area contributed by atoms with Crippen molar-refractivity contribution in [1.82, 2.24) is 9.99 Å². The Labute approximate surface area is 183 Å². The van der Waals surface area contributed by atoms with Crippen LogP contribution in [0.3, 0.4) is 0 Å². The van der Waals surface area contributed by atoms with Crippen molar-refractivity contribution in [3.63, 3.8) is 0 Å². The molecule has 1 aromatic heterocycles. The van der Waals surface area contributed by atoms with Crippen molar-refractivity contribution in [2.24, 2.45) is 5.10 Å². The number of amides is 1. The standard InChI is InChI=1S/C23H20ClN3O4/c1-13-16-4-2-3-5-17(16)25-23(31)22(13)18-12-19(14-6-8-15(24)9-7-14)27(26-18)20(28)10-11-21(29)30/h2-9,19H,10-12H2,1H3,(H,25,31)(H,29,30). The quantitative estimate of drug-likeness (QED) is 0.628. The number of H-pyrrole nitrogens is 1. The van der Waals surface area contributed by atoms with Crippen LogP contribution in [0.15, 0.2) is 58.4 Å². The van der Waals surface area contributed by atoms with Crippen molar-refractivity contribution in [2.75, 3.05) is 0 Å². The first-order chi connectivity index (χ1) is 14.8. The van der Waals surface area contributed by atoms with E-state index in [-0.39, 0.29) is 18.4 Å². The van der Waals surface area contributed by atoms with E-state index in [0.717, 1.165) is 22.0 Å². The largest absolute Gasteiger partial charge is 0.481 e. The van der Waals surface area contributed by atoms with Crippen molar-refractivity contribution >= 4 is 40.1 Å². The molecule has 1 amide bonds. The molecule has 8 heteroatoms. The van der Waals surface area contributed by atoms with Crippen LogP contribution in [0.5, 0.6) is 0 Å². The van der Waals surface area contributed by atoms with E-state index < -0.39 is 17.9 Å². The summed E-state index contributed by atoms with van der Waals surface area (Å²) in [7, 11) is 0. The van der Waals surface area contributed by atoms with Gasteiger partial charge in [-0.1, -0.05) is 41.9 Å². The highest BCUT2D eigenvalue weighted by Crippen LogP contribution is 2.34. The first-order valence-corrected chi connectivity index (χ1v) is 10.2. The van der Waals surface area contributed by atoms with E-state index in [9.17, 15) is 14.4 Å². The Kier molecular flexibility index (Phi) is 5.61. The third-order valence-electron chi connectivity index (χ3n) is 5.44. The number of carboxylic acid groups (broad SMARTS) is 1. The van der Waals surface area contributed by atoms with Crippen LogP contribution in [0.25, 0.3) is 10.9 Å². The highest BCUT2D eigenvalue weighted by Gasteiger charge is 2.34. The highest BCUT2D eigenvalue weighted by atomic mass is 35.5. The van der Waals surface area contributed by atoms with Crippen LogP contribution in [0.1, 0.15) is 42.0 Å². The maximum Gasteiger partial charge on any atom is 0.303 e. The lowest BCUT2D eigenvalue weighted by Crippen LogP contribution is -2.27. The number of carboxylic acids is 1. The first kappa shape index (κ1) is 20.8. The molecule has 1 unspecified atom stereocenters. The number of hydrazone groups is 1. The molecule has 4 rings (SSSR count). The summed E-state index contributed by atoms with van der Waals surface area (Å²) in [6, 6.07) is 14.1. The minimum atomic E-state index is -1.05. The van der Waals surface area contributed by atoms with Crippen molar-refractivity contribution < 1.29 is 14.7 Å². The number of aromatic amines is 1. The molecule has 0 radical (unpaired) electrons. The third kappa shape index (κ3) is 4.09. The molecule has 31 heavy (non-hydrogen) atoms. The molecule has 0 spiro atoms. The normalized spacial score (nSPS) is 15.9. The van der Waals surface area contributed by atoms with E-state index in [1.165, 1.54) is 5.01 Å². The smallest absolute Gasteiger partial charge is 0.303 e. The molecular formula is C23H20ClN3O4. The summed E-state index contributed by atoms with van der Waals surface area (Å²) in [5.41, 5.74) is 2.98. The average molecular weight is 438 g/mol. The molecule has 2 N–H and O–H groups in total. The Hall–Kier alpha value is -3.45. The molecule has 1 aliphatic rings. The molecule has 1 atom stereocenters. The molecule has 1 aliphatic heterocycles. The zero-order valence-corrected chi connectivity index (χ0v) is 17.5. The van der Waals surface area contributed by atoms with E-state index in [1.54, 1.807) is 24.3 Å². The van der Waals surface area contributed by atoms with Crippen LogP contribution in [-0.4, -0.2) is 32.7 Å². The molecule has 0 aliphatic carbocycles. The number of aliphatic carboxylic acids is 1. The van der Waals surface area contributed by atoms with Gasteiger partial charge in [0.15, 0.2) is 0 Å². The van der Waals surface area contributed by atoms with Crippen LogP contribution < -0.4 is 5.56 Å². The second kappa shape index (κ2) is 8.35. The van der Waals surface area contributed by atoms with Crippen molar-refractivity contribution in [3.8, 4) is 0 Å². The van der Waals surface area contributed by atoms with Gasteiger partial charge in [-0.2, -0.15) is 5.10 Å². The minimum absolute atomic E-state index is 0.177. The fraction of sp³-hybridized carbons (Fsp3) is 0.217. The van der Waals surface area contributed by atoms with Crippen molar-refractivity contribution in [2.45, 2.75) is 32.2 Å². The lowest BCUT2D eigenvalue weighted by molar-refractivity contribution is -0.141. The summed E-state index contributed by atoms with van der Waals surface area (Å²) >= 11 is 6.00. The highest BCUT2D eigenvalue weighted by molar-refractivity contribution is 6.30. The number of benzene rings is 2. The number of aromatic nitrogens is 1. The molecule has 158 valence electrons. The van der Waals surface area contributed by atoms with Crippen molar-refractivity contribution in [1.29, 1.82) is 0 Å². The summed E-state index contributed by atoms with van der Waals surface area (Å²) < 4.78 is 0. The van der Waals surface area contributed by atoms with Gasteiger partial charge in [-0.25, -0.2) is 5.01 Å². The Morgan fingerprint density at radius 3 is 2.58 bits per heavy atom. The lowest BCUT2D eigenvalue weighted by Gasteiger charge is -2.22. The fourth-order valence-electron chi connectivity index (χ4n) is 3.92. The number of hydrogen-bond acceptors (Lipinski definition) is 4. The Balaban J connectivity index is 1.78. The molecule has 0 bridgehead atoms. The molecule has 3 aromatic rings. The molecular weight excluding hydrogens is 418 g/mol. The van der Waals surface area contributed by atoms with Gasteiger partial charge in [-0.3, -0.25) is 14.4 Å². The zero-order chi connectivity index (χ0) is 22.1. The summed E-state index contributed by atoms with van der Waals surface area (Å²) in [6.07, 6.45) is -0.130. The van der Waals surface area contributed by atoms with Gasteiger partial charge in [-0.15, -0.1) is 0 Å². The second-order valence-electron chi connectivity index (χ2n) is 7.45. The van der Waals surface area contributed by atoms with Crippen LogP contribution >= 0.6 is 11.6 Å². The number of nitrogens with one attached hydrogen (secondary N) is 1. The number of fused-ring (bicyclic) bond motifs is 1. The van der Waals surface area contributed by atoms with Gasteiger partial charge in [0.2, 0.25) is 5.91 Å². The van der Waals surface area contributed by atoms with Gasteiger partial charge in [-0.05, 0) is 36.2 Å². The van der Waals surface area contributed by atoms with Crippen LogP contribution in [0.4, 0.5) is 0 Å². The lowest BCUT2D eigenvalue weighted by atomic mass is 9.95. The van der Waals surface area contributed by atoms with E-state index in [4.69, 9.17) is 16.7 Å². The Morgan fingerprint density at radius 1 is 1.16 bits per heavy atom. The summed E-state index contributed by atoms with van der Waals surface area (Å²) in [5.74, 6) is -1.46. The number of halogens is 1. The second-order valence-corrected chi connectivity index (χ2v) is 7.89. The van der Waals surface area contributed by atoms with E-state index in [1.807, 2.05) is 31.2 Å². The Morgan fingerprint density at radius 2 is 1.87 bits per heavy atom. The predicted molar refractivity (Wildman–Crippen MR) is 118 cm³/mol. The number of hydrogen-bond donors (Lipinski definition) is 2. The summed E-state index contributed by atoms with van der Waals surface area (Å²) in [5, 5.41) is 16.2. The topological polar surface area (TPSA) is 103 Å². The number of rotatable bonds is 5. The van der Waals surface area contributed by atoms with Crippen LogP contribution in [-0.2, 0) is 9.59 Å². The predicted octanol–water partition coefficient (Wildman–Crippen LogP) is 4.03. The monoisotopic (exact) mass is 437 g/mol. The summed E-state index contributed by atoms with van der Waals surface area (Å²) in [6.45, 7) is 1.86. The van der Waals surface area contributed by atoms with E-state index in [2.05, 4.69) is 10.1 Å².